The molecular weight excluding hydrogens is 224 g/mol. The van der Waals surface area contributed by atoms with Gasteiger partial charge in [-0.2, -0.15) is 0 Å². The van der Waals surface area contributed by atoms with Gasteiger partial charge >= 0.3 is 5.97 Å². The molecule has 0 radical (unpaired) electrons. The number of hydrogen-bond donors (Lipinski definition) is 3. The summed E-state index contributed by atoms with van der Waals surface area (Å²) in [6.45, 7) is 0.626. The Bertz CT molecular complexity index is 133. The zero-order valence-corrected chi connectivity index (χ0v) is 8.51. The molecule has 12 heavy (non-hydrogen) atoms. The lowest BCUT2D eigenvalue weighted by Crippen LogP contribution is -2.35. The maximum absolute atomic E-state index is 10.6. The summed E-state index contributed by atoms with van der Waals surface area (Å²) in [6, 6.07) is -0.448. The van der Waals surface area contributed by atoms with Gasteiger partial charge in [0.2, 0.25) is 0 Å². The van der Waals surface area contributed by atoms with Crippen molar-refractivity contribution in [1.82, 2.24) is 5.32 Å². The number of hydrogen-bond acceptors (Lipinski definition) is 3. The molecule has 0 saturated heterocycles. The van der Waals surface area contributed by atoms with Gasteiger partial charge in [-0.3, -0.25) is 10.1 Å². The molecule has 0 amide bonds. The monoisotopic (exact) mass is 238 g/mol. The molecule has 0 aliphatic carbocycles. The van der Waals surface area contributed by atoms with Gasteiger partial charge in [0.05, 0.1) is 5.45 Å². The Balaban J connectivity index is 3.56. The molecule has 5 heteroatoms. The fourth-order valence-electron chi connectivity index (χ4n) is 0.899. The second kappa shape index (κ2) is 7.52. The number of alkyl halides is 1. The molecule has 72 valence electrons. The Morgan fingerprint density at radius 2 is 2.25 bits per heavy atom. The van der Waals surface area contributed by atoms with Crippen LogP contribution in [-0.4, -0.2) is 29.1 Å². The normalized spacial score (nSPS) is 12.8. The summed E-state index contributed by atoms with van der Waals surface area (Å²) >= 11 is 3.13. The van der Waals surface area contributed by atoms with E-state index in [1.165, 1.54) is 0 Å². The van der Waals surface area contributed by atoms with Gasteiger partial charge in [0.1, 0.15) is 6.04 Å². The SMILES string of the molecule is NCCCC[C@H](NCBr)C(=O)O. The van der Waals surface area contributed by atoms with E-state index in [9.17, 15) is 4.79 Å². The average Bonchev–Trinajstić information content (AvgIpc) is 2.03. The van der Waals surface area contributed by atoms with Crippen molar-refractivity contribution in [2.45, 2.75) is 25.3 Å². The van der Waals surface area contributed by atoms with Crippen LogP contribution in [0.1, 0.15) is 19.3 Å². The standard InChI is InChI=1S/C7H15BrN2O2/c8-5-10-6(7(11)12)3-1-2-4-9/h6,10H,1-5,9H2,(H,11,12)/t6-/m0/s1. The molecule has 0 saturated carbocycles. The molecule has 0 heterocycles. The van der Waals surface area contributed by atoms with Gasteiger partial charge in [0, 0.05) is 0 Å². The second-order valence-corrected chi connectivity index (χ2v) is 3.07. The zero-order valence-electron chi connectivity index (χ0n) is 6.92. The molecule has 0 aromatic heterocycles. The van der Waals surface area contributed by atoms with Crippen LogP contribution in [-0.2, 0) is 4.79 Å². The molecule has 0 unspecified atom stereocenters. The van der Waals surface area contributed by atoms with Crippen molar-refractivity contribution in [1.29, 1.82) is 0 Å². The zero-order chi connectivity index (χ0) is 9.40. The smallest absolute Gasteiger partial charge is 0.320 e. The third-order valence-electron chi connectivity index (χ3n) is 1.57. The third kappa shape index (κ3) is 5.51. The lowest BCUT2D eigenvalue weighted by atomic mass is 10.1. The number of nitrogens with two attached hydrogens (primary N) is 1. The van der Waals surface area contributed by atoms with Crippen molar-refractivity contribution in [2.75, 3.05) is 12.0 Å². The van der Waals surface area contributed by atoms with Crippen molar-refractivity contribution < 1.29 is 9.90 Å². The minimum Gasteiger partial charge on any atom is -0.480 e. The first-order valence-electron chi connectivity index (χ1n) is 3.94. The Morgan fingerprint density at radius 1 is 1.58 bits per heavy atom. The molecule has 1 atom stereocenters. The molecule has 0 bridgehead atoms. The van der Waals surface area contributed by atoms with Gasteiger partial charge in [0.25, 0.3) is 0 Å². The van der Waals surface area contributed by atoms with Crippen LogP contribution in [0.5, 0.6) is 0 Å². The fourth-order valence-corrected chi connectivity index (χ4v) is 1.29. The summed E-state index contributed by atoms with van der Waals surface area (Å²) in [5.41, 5.74) is 5.79. The predicted molar refractivity (Wildman–Crippen MR) is 51.3 cm³/mol. The Kier molecular flexibility index (Phi) is 7.43. The summed E-state index contributed by atoms with van der Waals surface area (Å²) in [5.74, 6) is -0.800. The number of carboxylic acid groups (broad SMARTS) is 1. The van der Waals surface area contributed by atoms with Crippen molar-refractivity contribution in [2.24, 2.45) is 5.73 Å². The highest BCUT2D eigenvalue weighted by Crippen LogP contribution is 2.00. The molecule has 0 aromatic rings. The minimum absolute atomic E-state index is 0.448. The van der Waals surface area contributed by atoms with E-state index in [-0.39, 0.29) is 0 Å². The topological polar surface area (TPSA) is 75.3 Å². The quantitative estimate of drug-likeness (QED) is 0.344. The lowest BCUT2D eigenvalue weighted by Gasteiger charge is -2.11. The molecule has 0 spiro atoms. The first kappa shape index (κ1) is 11.9. The van der Waals surface area contributed by atoms with Crippen LogP contribution in [0.25, 0.3) is 0 Å². The van der Waals surface area contributed by atoms with Crippen molar-refractivity contribution in [3.8, 4) is 0 Å². The van der Waals surface area contributed by atoms with E-state index < -0.39 is 12.0 Å². The van der Waals surface area contributed by atoms with Gasteiger partial charge in [-0.05, 0) is 19.4 Å². The lowest BCUT2D eigenvalue weighted by molar-refractivity contribution is -0.139. The molecule has 4 nitrogen and oxygen atoms in total. The van der Waals surface area contributed by atoms with Crippen molar-refractivity contribution >= 4 is 21.9 Å². The highest BCUT2D eigenvalue weighted by molar-refractivity contribution is 9.09. The maximum Gasteiger partial charge on any atom is 0.320 e. The van der Waals surface area contributed by atoms with Crippen LogP contribution >= 0.6 is 15.9 Å². The van der Waals surface area contributed by atoms with E-state index in [4.69, 9.17) is 10.8 Å². The minimum atomic E-state index is -0.800. The third-order valence-corrected chi connectivity index (χ3v) is 1.89. The van der Waals surface area contributed by atoms with Gasteiger partial charge in [-0.25, -0.2) is 0 Å². The van der Waals surface area contributed by atoms with Crippen LogP contribution in [0.4, 0.5) is 0 Å². The number of unbranched alkanes of at least 4 members (excludes halogenated alkanes) is 1. The highest BCUT2D eigenvalue weighted by atomic mass is 79.9. The summed E-state index contributed by atoms with van der Waals surface area (Å²) < 4.78 is 0. The largest absolute Gasteiger partial charge is 0.480 e. The number of rotatable bonds is 7. The summed E-state index contributed by atoms with van der Waals surface area (Å²) in [4.78, 5) is 10.6. The molecule has 0 rings (SSSR count). The van der Waals surface area contributed by atoms with Crippen LogP contribution in [0.3, 0.4) is 0 Å². The van der Waals surface area contributed by atoms with Gasteiger partial charge in [-0.15, -0.1) is 0 Å². The number of halogens is 1. The number of nitrogens with one attached hydrogen (secondary N) is 1. The van der Waals surface area contributed by atoms with Crippen LogP contribution in [0.2, 0.25) is 0 Å². The number of carboxylic acids is 1. The Hall–Kier alpha value is -0.130. The van der Waals surface area contributed by atoms with E-state index in [1.807, 2.05) is 0 Å². The van der Waals surface area contributed by atoms with Crippen LogP contribution in [0.15, 0.2) is 0 Å². The van der Waals surface area contributed by atoms with Crippen LogP contribution < -0.4 is 11.1 Å². The second-order valence-electron chi connectivity index (χ2n) is 2.51. The summed E-state index contributed by atoms with van der Waals surface area (Å²) in [7, 11) is 0. The van der Waals surface area contributed by atoms with Crippen LogP contribution in [0, 0.1) is 0 Å². The molecule has 0 aliphatic rings. The summed E-state index contributed by atoms with van der Waals surface area (Å²) in [6.07, 6.45) is 2.37. The van der Waals surface area contributed by atoms with Crippen molar-refractivity contribution in [3.05, 3.63) is 0 Å². The first-order valence-corrected chi connectivity index (χ1v) is 5.06. The number of carbonyl (C=O) groups is 1. The maximum atomic E-state index is 10.6. The predicted octanol–water partition coefficient (Wildman–Crippen LogP) is 0.511. The Morgan fingerprint density at radius 3 is 2.67 bits per heavy atom. The summed E-state index contributed by atoms with van der Waals surface area (Å²) in [5, 5.41) is 11.5. The Labute approximate surface area is 80.6 Å². The molecule has 0 aromatic carbocycles. The first-order chi connectivity index (χ1) is 5.72. The van der Waals surface area contributed by atoms with E-state index >= 15 is 0 Å². The van der Waals surface area contributed by atoms with Gasteiger partial charge in [-0.1, -0.05) is 22.4 Å². The van der Waals surface area contributed by atoms with Gasteiger partial charge in [0.15, 0.2) is 0 Å². The fraction of sp³-hybridized carbons (Fsp3) is 0.857. The molecule has 0 aliphatic heterocycles. The van der Waals surface area contributed by atoms with Crippen molar-refractivity contribution in [3.63, 3.8) is 0 Å². The van der Waals surface area contributed by atoms with E-state index in [0.717, 1.165) is 12.8 Å². The van der Waals surface area contributed by atoms with E-state index in [1.54, 1.807) is 0 Å². The molecule has 4 N–H and O–H groups in total. The molecule has 0 fully saturated rings. The van der Waals surface area contributed by atoms with Gasteiger partial charge < -0.3 is 10.8 Å². The molecular formula is C7H15BrN2O2. The highest BCUT2D eigenvalue weighted by Gasteiger charge is 2.14. The number of aliphatic carboxylic acids is 1. The average molecular weight is 239 g/mol. The van der Waals surface area contributed by atoms with E-state index in [0.29, 0.717) is 18.4 Å². The van der Waals surface area contributed by atoms with E-state index in [2.05, 4.69) is 21.2 Å².